The summed E-state index contributed by atoms with van der Waals surface area (Å²) in [6.45, 7) is 1.91. The Morgan fingerprint density at radius 3 is 2.65 bits per heavy atom. The Bertz CT molecular complexity index is 653. The molecule has 0 amide bonds. The van der Waals surface area contributed by atoms with Gasteiger partial charge in [0.25, 0.3) is 0 Å². The van der Waals surface area contributed by atoms with Crippen molar-refractivity contribution in [2.75, 3.05) is 7.11 Å². The van der Waals surface area contributed by atoms with Crippen molar-refractivity contribution in [2.45, 2.75) is 13.3 Å². The molecule has 0 N–H and O–H groups in total. The maximum absolute atomic E-state index is 12.3. The van der Waals surface area contributed by atoms with Gasteiger partial charge in [-0.05, 0) is 58.2 Å². The van der Waals surface area contributed by atoms with E-state index in [0.717, 1.165) is 21.3 Å². The number of ether oxygens (including phenoxy) is 1. The molecule has 0 unspecified atom stereocenters. The van der Waals surface area contributed by atoms with Crippen LogP contribution in [0, 0.1) is 6.92 Å². The lowest BCUT2D eigenvalue weighted by atomic mass is 9.99. The smallest absolute Gasteiger partial charge is 0.167 e. The van der Waals surface area contributed by atoms with Crippen LogP contribution in [-0.4, -0.2) is 12.9 Å². The minimum Gasteiger partial charge on any atom is -0.496 e. The molecule has 2 nitrogen and oxygen atoms in total. The Kier molecular flexibility index (Phi) is 4.84. The zero-order chi connectivity index (χ0) is 14.7. The molecule has 0 fully saturated rings. The zero-order valence-electron chi connectivity index (χ0n) is 11.2. The highest BCUT2D eigenvalue weighted by Gasteiger charge is 2.12. The number of hydrogen-bond acceptors (Lipinski definition) is 2. The summed E-state index contributed by atoms with van der Waals surface area (Å²) in [6.07, 6.45) is 0.337. The average molecular weight is 354 g/mol. The van der Waals surface area contributed by atoms with Crippen LogP contribution in [0.1, 0.15) is 21.5 Å². The Morgan fingerprint density at radius 1 is 1.25 bits per heavy atom. The molecule has 20 heavy (non-hydrogen) atoms. The summed E-state index contributed by atoms with van der Waals surface area (Å²) in [4.78, 5) is 12.3. The molecule has 4 heteroatoms. The topological polar surface area (TPSA) is 26.3 Å². The largest absolute Gasteiger partial charge is 0.496 e. The number of hydrogen-bond donors (Lipinski definition) is 0. The first-order chi connectivity index (χ1) is 9.51. The summed E-state index contributed by atoms with van der Waals surface area (Å²) in [6, 6.07) is 11.0. The van der Waals surface area contributed by atoms with Gasteiger partial charge in [0.05, 0.1) is 11.6 Å². The van der Waals surface area contributed by atoms with E-state index >= 15 is 0 Å². The molecule has 0 spiro atoms. The summed E-state index contributed by atoms with van der Waals surface area (Å²) < 4.78 is 6.02. The number of halogens is 2. The van der Waals surface area contributed by atoms with Crippen molar-refractivity contribution < 1.29 is 9.53 Å². The van der Waals surface area contributed by atoms with Gasteiger partial charge in [0, 0.05) is 17.0 Å². The first-order valence-corrected chi connectivity index (χ1v) is 7.30. The molecule has 0 aliphatic carbocycles. The van der Waals surface area contributed by atoms with Crippen LogP contribution < -0.4 is 4.74 Å². The summed E-state index contributed by atoms with van der Waals surface area (Å²) in [7, 11) is 1.61. The summed E-state index contributed by atoms with van der Waals surface area (Å²) in [5, 5.41) is 0.579. The Balaban J connectivity index is 2.23. The van der Waals surface area contributed by atoms with Crippen LogP contribution in [0.4, 0.5) is 0 Å². The number of carbonyl (C=O) groups excluding carboxylic acids is 1. The van der Waals surface area contributed by atoms with Crippen molar-refractivity contribution in [1.29, 1.82) is 0 Å². The predicted molar refractivity (Wildman–Crippen MR) is 84.9 cm³/mol. The monoisotopic (exact) mass is 352 g/mol. The van der Waals surface area contributed by atoms with E-state index in [0.29, 0.717) is 17.0 Å². The van der Waals surface area contributed by atoms with Crippen molar-refractivity contribution in [3.05, 3.63) is 62.6 Å². The van der Waals surface area contributed by atoms with Gasteiger partial charge in [0.1, 0.15) is 5.75 Å². The maximum Gasteiger partial charge on any atom is 0.167 e. The molecular formula is C16H14BrClO2. The van der Waals surface area contributed by atoms with Crippen molar-refractivity contribution in [3.63, 3.8) is 0 Å². The van der Waals surface area contributed by atoms with E-state index in [9.17, 15) is 4.79 Å². The van der Waals surface area contributed by atoms with E-state index in [-0.39, 0.29) is 5.78 Å². The van der Waals surface area contributed by atoms with Gasteiger partial charge in [-0.1, -0.05) is 23.7 Å². The number of ketones is 1. The number of aryl methyl sites for hydroxylation is 1. The Morgan fingerprint density at radius 2 is 2.00 bits per heavy atom. The second kappa shape index (κ2) is 6.42. The molecule has 0 saturated heterocycles. The Hall–Kier alpha value is -1.32. The number of carbonyl (C=O) groups is 1. The normalized spacial score (nSPS) is 10.4. The van der Waals surface area contributed by atoms with Gasteiger partial charge >= 0.3 is 0 Å². The molecule has 0 atom stereocenters. The fourth-order valence-electron chi connectivity index (χ4n) is 2.00. The lowest BCUT2D eigenvalue weighted by Crippen LogP contribution is -2.05. The lowest BCUT2D eigenvalue weighted by Gasteiger charge is -2.08. The number of rotatable bonds is 4. The minimum atomic E-state index is 0.0575. The fourth-order valence-corrected chi connectivity index (χ4v) is 2.76. The molecule has 104 valence electrons. The third kappa shape index (κ3) is 3.41. The molecule has 0 heterocycles. The van der Waals surface area contributed by atoms with Crippen LogP contribution in [0.2, 0.25) is 5.02 Å². The van der Waals surface area contributed by atoms with Gasteiger partial charge in [0.2, 0.25) is 0 Å². The number of methoxy groups -OCH3 is 1. The second-order valence-electron chi connectivity index (χ2n) is 4.53. The molecule has 0 aliphatic heterocycles. The first kappa shape index (κ1) is 15.1. The van der Waals surface area contributed by atoms with E-state index in [2.05, 4.69) is 15.9 Å². The van der Waals surface area contributed by atoms with Crippen molar-refractivity contribution >= 4 is 33.3 Å². The predicted octanol–water partition coefficient (Wildman–Crippen LogP) is 4.84. The van der Waals surface area contributed by atoms with Gasteiger partial charge < -0.3 is 4.74 Å². The highest BCUT2D eigenvalue weighted by atomic mass is 79.9. The summed E-state index contributed by atoms with van der Waals surface area (Å²) in [5.74, 6) is 0.808. The highest BCUT2D eigenvalue weighted by Crippen LogP contribution is 2.26. The van der Waals surface area contributed by atoms with E-state index < -0.39 is 0 Å². The van der Waals surface area contributed by atoms with Crippen LogP contribution >= 0.6 is 27.5 Å². The third-order valence-electron chi connectivity index (χ3n) is 3.08. The average Bonchev–Trinajstić information content (AvgIpc) is 2.41. The third-order valence-corrected chi connectivity index (χ3v) is 3.94. The molecule has 0 aromatic heterocycles. The van der Waals surface area contributed by atoms with E-state index in [1.807, 2.05) is 31.2 Å². The van der Waals surface area contributed by atoms with Gasteiger partial charge in [0.15, 0.2) is 5.78 Å². The molecule has 0 saturated carbocycles. The molecular weight excluding hydrogens is 340 g/mol. The van der Waals surface area contributed by atoms with Crippen molar-refractivity contribution in [3.8, 4) is 5.75 Å². The SMILES string of the molecule is COc1ccc(CC(=O)c2cc(Cl)ccc2C)cc1Br. The van der Waals surface area contributed by atoms with Crippen LogP contribution in [0.15, 0.2) is 40.9 Å². The standard InChI is InChI=1S/C16H14BrClO2/c1-10-3-5-12(18)9-13(10)15(19)8-11-4-6-16(20-2)14(17)7-11/h3-7,9H,8H2,1-2H3. The van der Waals surface area contributed by atoms with Crippen LogP contribution in [-0.2, 0) is 6.42 Å². The second-order valence-corrected chi connectivity index (χ2v) is 5.82. The highest BCUT2D eigenvalue weighted by molar-refractivity contribution is 9.10. The molecule has 2 rings (SSSR count). The molecule has 0 aliphatic rings. The summed E-state index contributed by atoms with van der Waals surface area (Å²) in [5.41, 5.74) is 2.54. The van der Waals surface area contributed by atoms with Crippen molar-refractivity contribution in [1.82, 2.24) is 0 Å². The molecule has 2 aromatic rings. The van der Waals surface area contributed by atoms with Gasteiger partial charge in [-0.25, -0.2) is 0 Å². The molecule has 2 aromatic carbocycles. The molecule has 0 radical (unpaired) electrons. The van der Waals surface area contributed by atoms with Gasteiger partial charge in [-0.15, -0.1) is 0 Å². The fraction of sp³-hybridized carbons (Fsp3) is 0.188. The quantitative estimate of drug-likeness (QED) is 0.735. The van der Waals surface area contributed by atoms with Gasteiger partial charge in [-0.2, -0.15) is 0 Å². The Labute approximate surface area is 131 Å². The number of Topliss-reactive ketones (excluding diaryl/α,β-unsaturated/α-hetero) is 1. The van der Waals surface area contributed by atoms with Crippen molar-refractivity contribution in [2.24, 2.45) is 0 Å². The van der Waals surface area contributed by atoms with E-state index in [4.69, 9.17) is 16.3 Å². The first-order valence-electron chi connectivity index (χ1n) is 6.13. The minimum absolute atomic E-state index is 0.0575. The lowest BCUT2D eigenvalue weighted by molar-refractivity contribution is 0.0992. The maximum atomic E-state index is 12.3. The van der Waals surface area contributed by atoms with Crippen LogP contribution in [0.5, 0.6) is 5.75 Å². The van der Waals surface area contributed by atoms with Crippen LogP contribution in [0.25, 0.3) is 0 Å². The van der Waals surface area contributed by atoms with Gasteiger partial charge in [-0.3, -0.25) is 4.79 Å². The van der Waals surface area contributed by atoms with E-state index in [1.54, 1.807) is 19.2 Å². The van der Waals surface area contributed by atoms with E-state index in [1.165, 1.54) is 0 Å². The summed E-state index contributed by atoms with van der Waals surface area (Å²) >= 11 is 9.37. The zero-order valence-corrected chi connectivity index (χ0v) is 13.6. The molecule has 0 bridgehead atoms. The van der Waals surface area contributed by atoms with Crippen LogP contribution in [0.3, 0.4) is 0 Å². The number of benzene rings is 2.